The predicted molar refractivity (Wildman–Crippen MR) is 80.8 cm³/mol. The van der Waals surface area contributed by atoms with E-state index in [2.05, 4.69) is 0 Å². The van der Waals surface area contributed by atoms with Crippen LogP contribution in [0.1, 0.15) is 37.3 Å². The standard InChI is InChI=1S/C18H18FNO3/c1-20-15(10-5-4-6-11(19)9-10)14-16(21)12-7-2-3-8-13(12)23-17(14)18(20)22/h4-6,9,12-13,15H,2-3,7-8H2,1H3. The molecule has 1 aromatic rings. The third-order valence-electron chi connectivity index (χ3n) is 5.16. The molecule has 2 heterocycles. The SMILES string of the molecule is CN1C(=O)C2=C(C(=O)C3CCCCC3O2)C1c1cccc(F)c1. The number of likely N-dealkylation sites (N-methyl/N-ethyl adjacent to an activating group) is 1. The van der Waals surface area contributed by atoms with Crippen molar-refractivity contribution in [2.45, 2.75) is 37.8 Å². The predicted octanol–water partition coefficient (Wildman–Crippen LogP) is 2.75. The second kappa shape index (κ2) is 5.18. The molecule has 0 spiro atoms. The van der Waals surface area contributed by atoms with Crippen LogP contribution in [0.3, 0.4) is 0 Å². The second-order valence-electron chi connectivity index (χ2n) is 6.53. The first-order chi connectivity index (χ1) is 11.1. The lowest BCUT2D eigenvalue weighted by atomic mass is 9.77. The number of hydrogen-bond donors (Lipinski definition) is 0. The van der Waals surface area contributed by atoms with E-state index in [0.29, 0.717) is 11.1 Å². The molecule has 1 aliphatic carbocycles. The van der Waals surface area contributed by atoms with E-state index in [0.717, 1.165) is 25.7 Å². The molecule has 0 bridgehead atoms. The maximum absolute atomic E-state index is 13.6. The zero-order valence-electron chi connectivity index (χ0n) is 12.9. The van der Waals surface area contributed by atoms with Gasteiger partial charge in [0, 0.05) is 7.05 Å². The lowest BCUT2D eigenvalue weighted by Gasteiger charge is -2.35. The van der Waals surface area contributed by atoms with Crippen molar-refractivity contribution < 1.29 is 18.7 Å². The fourth-order valence-corrected chi connectivity index (χ4v) is 4.03. The zero-order chi connectivity index (χ0) is 16.1. The summed E-state index contributed by atoms with van der Waals surface area (Å²) in [5.41, 5.74) is 1.02. The van der Waals surface area contributed by atoms with Crippen molar-refractivity contribution in [3.05, 3.63) is 47.0 Å². The number of hydrogen-bond acceptors (Lipinski definition) is 3. The molecule has 120 valence electrons. The van der Waals surface area contributed by atoms with Crippen LogP contribution in [0.5, 0.6) is 0 Å². The molecule has 23 heavy (non-hydrogen) atoms. The van der Waals surface area contributed by atoms with Crippen molar-refractivity contribution in [2.75, 3.05) is 7.05 Å². The largest absolute Gasteiger partial charge is 0.483 e. The molecule has 0 aromatic heterocycles. The van der Waals surface area contributed by atoms with Gasteiger partial charge in [0.25, 0.3) is 5.91 Å². The number of ketones is 1. The topological polar surface area (TPSA) is 46.6 Å². The van der Waals surface area contributed by atoms with Crippen LogP contribution >= 0.6 is 0 Å². The van der Waals surface area contributed by atoms with E-state index >= 15 is 0 Å². The summed E-state index contributed by atoms with van der Waals surface area (Å²) in [5.74, 6) is -0.653. The number of nitrogens with zero attached hydrogens (tertiary/aromatic N) is 1. The number of carbonyl (C=O) groups excluding carboxylic acids is 2. The Hall–Kier alpha value is -2.17. The molecule has 1 fully saturated rings. The Morgan fingerprint density at radius 1 is 1.22 bits per heavy atom. The Labute approximate surface area is 133 Å². The average molecular weight is 315 g/mol. The Balaban J connectivity index is 1.80. The van der Waals surface area contributed by atoms with Crippen molar-refractivity contribution in [1.82, 2.24) is 4.90 Å². The number of fused-ring (bicyclic) bond motifs is 1. The molecule has 4 nitrogen and oxygen atoms in total. The first kappa shape index (κ1) is 14.4. The van der Waals surface area contributed by atoms with E-state index in [1.165, 1.54) is 17.0 Å². The molecular formula is C18H18FNO3. The van der Waals surface area contributed by atoms with Crippen molar-refractivity contribution >= 4 is 11.7 Å². The maximum Gasteiger partial charge on any atom is 0.289 e. The van der Waals surface area contributed by atoms with Gasteiger partial charge in [-0.1, -0.05) is 18.6 Å². The summed E-state index contributed by atoms with van der Waals surface area (Å²) in [4.78, 5) is 27.0. The Morgan fingerprint density at radius 3 is 2.78 bits per heavy atom. The van der Waals surface area contributed by atoms with Crippen LogP contribution in [0.4, 0.5) is 4.39 Å². The fraction of sp³-hybridized carbons (Fsp3) is 0.444. The molecule has 5 heteroatoms. The number of halogens is 1. The highest BCUT2D eigenvalue weighted by Gasteiger charge is 2.50. The number of rotatable bonds is 1. The maximum atomic E-state index is 13.6. The van der Waals surface area contributed by atoms with Crippen LogP contribution in [0.15, 0.2) is 35.6 Å². The molecule has 1 amide bonds. The summed E-state index contributed by atoms with van der Waals surface area (Å²) in [6.07, 6.45) is 3.46. The van der Waals surface area contributed by atoms with Gasteiger partial charge in [-0.3, -0.25) is 9.59 Å². The van der Waals surface area contributed by atoms with Crippen LogP contribution in [0.25, 0.3) is 0 Å². The number of Topliss-reactive ketones (excluding diaryl/α,β-unsaturated/α-hetero) is 1. The number of benzene rings is 1. The fourth-order valence-electron chi connectivity index (χ4n) is 4.03. The van der Waals surface area contributed by atoms with E-state index < -0.39 is 6.04 Å². The van der Waals surface area contributed by atoms with Gasteiger partial charge in [-0.2, -0.15) is 0 Å². The Morgan fingerprint density at radius 2 is 2.00 bits per heavy atom. The van der Waals surface area contributed by atoms with Crippen LogP contribution in [0, 0.1) is 11.7 Å². The summed E-state index contributed by atoms with van der Waals surface area (Å²) in [7, 11) is 1.64. The molecule has 3 atom stereocenters. The minimum atomic E-state index is -0.552. The van der Waals surface area contributed by atoms with Crippen molar-refractivity contribution in [3.8, 4) is 0 Å². The summed E-state index contributed by atoms with van der Waals surface area (Å²) < 4.78 is 19.5. The quantitative estimate of drug-likeness (QED) is 0.800. The van der Waals surface area contributed by atoms with Crippen molar-refractivity contribution in [1.29, 1.82) is 0 Å². The normalized spacial score (nSPS) is 30.2. The first-order valence-electron chi connectivity index (χ1n) is 8.05. The van der Waals surface area contributed by atoms with Gasteiger partial charge in [-0.15, -0.1) is 0 Å². The van der Waals surface area contributed by atoms with E-state index in [1.807, 2.05) is 0 Å². The van der Waals surface area contributed by atoms with Gasteiger partial charge in [0.05, 0.1) is 17.5 Å². The van der Waals surface area contributed by atoms with Gasteiger partial charge in [0.15, 0.2) is 11.5 Å². The number of carbonyl (C=O) groups is 2. The number of amides is 1. The van der Waals surface area contributed by atoms with Crippen molar-refractivity contribution in [3.63, 3.8) is 0 Å². The third kappa shape index (κ3) is 2.10. The van der Waals surface area contributed by atoms with Gasteiger partial charge in [-0.25, -0.2) is 4.39 Å². The highest BCUT2D eigenvalue weighted by atomic mass is 19.1. The first-order valence-corrected chi connectivity index (χ1v) is 8.05. The zero-order valence-corrected chi connectivity index (χ0v) is 12.9. The molecule has 0 radical (unpaired) electrons. The van der Waals surface area contributed by atoms with Gasteiger partial charge >= 0.3 is 0 Å². The van der Waals surface area contributed by atoms with Crippen LogP contribution < -0.4 is 0 Å². The third-order valence-corrected chi connectivity index (χ3v) is 5.16. The summed E-state index contributed by atoms with van der Waals surface area (Å²) >= 11 is 0. The lowest BCUT2D eigenvalue weighted by molar-refractivity contribution is -0.134. The van der Waals surface area contributed by atoms with Crippen molar-refractivity contribution in [2.24, 2.45) is 5.92 Å². The van der Waals surface area contributed by atoms with Crippen LogP contribution in [-0.2, 0) is 14.3 Å². The van der Waals surface area contributed by atoms with E-state index in [1.54, 1.807) is 19.2 Å². The molecule has 3 aliphatic rings. The molecule has 0 N–H and O–H groups in total. The highest BCUT2D eigenvalue weighted by Crippen LogP contribution is 2.45. The van der Waals surface area contributed by atoms with Crippen LogP contribution in [-0.4, -0.2) is 29.7 Å². The monoisotopic (exact) mass is 315 g/mol. The summed E-state index contributed by atoms with van der Waals surface area (Å²) in [6.45, 7) is 0. The highest BCUT2D eigenvalue weighted by molar-refractivity contribution is 6.11. The Kier molecular flexibility index (Phi) is 3.25. The van der Waals surface area contributed by atoms with Crippen LogP contribution in [0.2, 0.25) is 0 Å². The lowest BCUT2D eigenvalue weighted by Crippen LogP contribution is -2.39. The minimum absolute atomic E-state index is 0.00270. The molecule has 2 aliphatic heterocycles. The Bertz CT molecular complexity index is 727. The van der Waals surface area contributed by atoms with Gasteiger partial charge in [0.2, 0.25) is 0 Å². The average Bonchev–Trinajstić information content (AvgIpc) is 2.80. The number of ether oxygens (including phenoxy) is 1. The second-order valence-corrected chi connectivity index (χ2v) is 6.53. The van der Waals surface area contributed by atoms with E-state index in [9.17, 15) is 14.0 Å². The van der Waals surface area contributed by atoms with Gasteiger partial charge in [-0.05, 0) is 37.0 Å². The molecule has 1 saturated carbocycles. The molecule has 1 aromatic carbocycles. The minimum Gasteiger partial charge on any atom is -0.483 e. The van der Waals surface area contributed by atoms with Gasteiger partial charge in [0.1, 0.15) is 11.9 Å². The molecule has 3 unspecified atom stereocenters. The summed E-state index contributed by atoms with van der Waals surface area (Å²) in [5, 5.41) is 0. The van der Waals surface area contributed by atoms with Gasteiger partial charge < -0.3 is 9.64 Å². The summed E-state index contributed by atoms with van der Waals surface area (Å²) in [6, 6.07) is 5.52. The van der Waals surface area contributed by atoms with E-state index in [4.69, 9.17) is 4.74 Å². The molecule has 0 saturated heterocycles. The molecule has 4 rings (SSSR count). The molecular weight excluding hydrogens is 297 g/mol. The smallest absolute Gasteiger partial charge is 0.289 e. The van der Waals surface area contributed by atoms with E-state index in [-0.39, 0.29) is 35.3 Å².